The van der Waals surface area contributed by atoms with Gasteiger partial charge in [0, 0.05) is 0 Å². The second-order valence-corrected chi connectivity index (χ2v) is 8.67. The third-order valence-electron chi connectivity index (χ3n) is 5.47. The highest BCUT2D eigenvalue weighted by atomic mass is 32.1. The molecule has 1 aliphatic rings. The summed E-state index contributed by atoms with van der Waals surface area (Å²) < 4.78 is 33.3. The van der Waals surface area contributed by atoms with Crippen molar-refractivity contribution in [3.8, 4) is 0 Å². The molecule has 1 amide bonds. The number of furan rings is 1. The maximum atomic E-state index is 13.7. The zero-order valence-electron chi connectivity index (χ0n) is 17.4. The van der Waals surface area contributed by atoms with Gasteiger partial charge in [-0.2, -0.15) is 0 Å². The summed E-state index contributed by atoms with van der Waals surface area (Å²) in [6, 6.07) is 9.81. The number of aliphatic hydroxyl groups excluding tert-OH is 1. The SMILES string of the molecule is Cc1cc(C(O)=C2C(=O)C(=O)N(c3nc4ccc(F)cc4s3)C2c2ccc(F)cc2)c(C)o1. The predicted octanol–water partition coefficient (Wildman–Crippen LogP) is 5.41. The van der Waals surface area contributed by atoms with Crippen molar-refractivity contribution in [2.45, 2.75) is 19.9 Å². The second kappa shape index (κ2) is 7.63. The number of benzene rings is 2. The molecule has 1 unspecified atom stereocenters. The van der Waals surface area contributed by atoms with Gasteiger partial charge in [-0.15, -0.1) is 0 Å². The molecule has 2 aromatic heterocycles. The fourth-order valence-corrected chi connectivity index (χ4v) is 5.01. The van der Waals surface area contributed by atoms with Crippen molar-refractivity contribution >= 4 is 44.1 Å². The maximum Gasteiger partial charge on any atom is 0.301 e. The summed E-state index contributed by atoms with van der Waals surface area (Å²) in [6.07, 6.45) is 0. The highest BCUT2D eigenvalue weighted by Crippen LogP contribution is 2.44. The van der Waals surface area contributed by atoms with Gasteiger partial charge in [0.25, 0.3) is 5.78 Å². The van der Waals surface area contributed by atoms with Gasteiger partial charge < -0.3 is 9.52 Å². The van der Waals surface area contributed by atoms with E-state index in [0.717, 1.165) is 16.2 Å². The van der Waals surface area contributed by atoms with Gasteiger partial charge in [0.15, 0.2) is 5.13 Å². The van der Waals surface area contributed by atoms with Gasteiger partial charge in [0.1, 0.15) is 28.9 Å². The fraction of sp³-hybridized carbons (Fsp3) is 0.125. The largest absolute Gasteiger partial charge is 0.507 e. The van der Waals surface area contributed by atoms with Crippen molar-refractivity contribution in [3.63, 3.8) is 0 Å². The Morgan fingerprint density at radius 3 is 2.42 bits per heavy atom. The second-order valence-electron chi connectivity index (χ2n) is 7.66. The lowest BCUT2D eigenvalue weighted by atomic mass is 9.95. The Morgan fingerprint density at radius 1 is 1.06 bits per heavy atom. The molecule has 1 fully saturated rings. The zero-order chi connectivity index (χ0) is 23.4. The van der Waals surface area contributed by atoms with Crippen LogP contribution in [0.1, 0.15) is 28.7 Å². The molecule has 1 N–H and O–H groups in total. The Labute approximate surface area is 190 Å². The highest BCUT2D eigenvalue weighted by Gasteiger charge is 2.48. The van der Waals surface area contributed by atoms with Crippen LogP contribution in [0.25, 0.3) is 16.0 Å². The van der Waals surface area contributed by atoms with Gasteiger partial charge in [0.2, 0.25) is 0 Å². The number of fused-ring (bicyclic) bond motifs is 1. The molecular formula is C24H16F2N2O4S. The van der Waals surface area contributed by atoms with E-state index in [2.05, 4.69) is 4.98 Å². The minimum absolute atomic E-state index is 0.158. The molecule has 3 heterocycles. The molecule has 166 valence electrons. The molecule has 2 aromatic carbocycles. The molecule has 6 nitrogen and oxygen atoms in total. The Bertz CT molecular complexity index is 1470. The first-order valence-electron chi connectivity index (χ1n) is 9.94. The molecule has 4 aromatic rings. The summed E-state index contributed by atoms with van der Waals surface area (Å²) in [7, 11) is 0. The lowest BCUT2D eigenvalue weighted by Gasteiger charge is -2.22. The van der Waals surface area contributed by atoms with Crippen LogP contribution in [0.4, 0.5) is 13.9 Å². The number of carbonyl (C=O) groups excluding carboxylic acids is 2. The molecule has 5 rings (SSSR count). The van der Waals surface area contributed by atoms with Crippen molar-refractivity contribution in [3.05, 3.63) is 88.4 Å². The van der Waals surface area contributed by atoms with Crippen LogP contribution in [0, 0.1) is 25.5 Å². The number of carbonyl (C=O) groups is 2. The molecular weight excluding hydrogens is 450 g/mol. The maximum absolute atomic E-state index is 13.7. The first-order valence-corrected chi connectivity index (χ1v) is 10.8. The number of amides is 1. The number of thiazole rings is 1. The number of rotatable bonds is 3. The predicted molar refractivity (Wildman–Crippen MR) is 119 cm³/mol. The summed E-state index contributed by atoms with van der Waals surface area (Å²) in [5.74, 6) is -2.26. The summed E-state index contributed by atoms with van der Waals surface area (Å²) in [5.41, 5.74) is 0.975. The van der Waals surface area contributed by atoms with E-state index in [1.165, 1.54) is 42.5 Å². The topological polar surface area (TPSA) is 83.6 Å². The van der Waals surface area contributed by atoms with Crippen LogP contribution in [0.2, 0.25) is 0 Å². The van der Waals surface area contributed by atoms with E-state index in [1.807, 2.05) is 0 Å². The lowest BCUT2D eigenvalue weighted by Crippen LogP contribution is -2.29. The Morgan fingerprint density at radius 2 is 1.76 bits per heavy atom. The molecule has 0 aliphatic carbocycles. The Hall–Kier alpha value is -3.85. The van der Waals surface area contributed by atoms with Gasteiger partial charge in [-0.05, 0) is 55.8 Å². The summed E-state index contributed by atoms with van der Waals surface area (Å²) in [5, 5.41) is 11.3. The Balaban J connectivity index is 1.75. The van der Waals surface area contributed by atoms with Crippen LogP contribution in [0.15, 0.2) is 58.5 Å². The standard InChI is InChI=1S/C24H16F2N2O4S/c1-11-9-16(12(2)32-11)21(29)19-20(13-3-5-14(25)6-4-13)28(23(31)22(19)30)24-27-17-8-7-15(26)10-18(17)33-24/h3-10,20,29H,1-2H3. The summed E-state index contributed by atoms with van der Waals surface area (Å²) in [6.45, 7) is 3.33. The average molecular weight is 466 g/mol. The molecule has 9 heteroatoms. The lowest BCUT2D eigenvalue weighted by molar-refractivity contribution is -0.132. The normalized spacial score (nSPS) is 17.9. The van der Waals surface area contributed by atoms with E-state index in [9.17, 15) is 23.5 Å². The molecule has 1 saturated heterocycles. The number of anilines is 1. The third kappa shape index (κ3) is 3.41. The van der Waals surface area contributed by atoms with E-state index >= 15 is 0 Å². The first kappa shape index (κ1) is 21.0. The molecule has 0 saturated carbocycles. The van der Waals surface area contributed by atoms with E-state index in [4.69, 9.17) is 4.42 Å². The first-order chi connectivity index (χ1) is 15.7. The Kier molecular flexibility index (Phi) is 4.86. The minimum Gasteiger partial charge on any atom is -0.507 e. The zero-order valence-corrected chi connectivity index (χ0v) is 18.2. The van der Waals surface area contributed by atoms with Gasteiger partial charge in [-0.1, -0.05) is 23.5 Å². The van der Waals surface area contributed by atoms with Crippen LogP contribution in [0.5, 0.6) is 0 Å². The van der Waals surface area contributed by atoms with Gasteiger partial charge in [-0.3, -0.25) is 14.5 Å². The molecule has 33 heavy (non-hydrogen) atoms. The smallest absolute Gasteiger partial charge is 0.301 e. The number of aromatic nitrogens is 1. The van der Waals surface area contributed by atoms with Crippen LogP contribution in [0.3, 0.4) is 0 Å². The number of hydrogen-bond donors (Lipinski definition) is 1. The van der Waals surface area contributed by atoms with Gasteiger partial charge in [-0.25, -0.2) is 13.8 Å². The number of hydrogen-bond acceptors (Lipinski definition) is 6. The van der Waals surface area contributed by atoms with E-state index < -0.39 is 35.1 Å². The number of halogens is 2. The van der Waals surface area contributed by atoms with E-state index in [0.29, 0.717) is 27.3 Å². The van der Waals surface area contributed by atoms with Crippen LogP contribution in [-0.4, -0.2) is 21.8 Å². The number of Topliss-reactive ketones (excluding diaryl/α,β-unsaturated/α-hetero) is 1. The molecule has 1 atom stereocenters. The third-order valence-corrected chi connectivity index (χ3v) is 6.49. The van der Waals surface area contributed by atoms with Crippen LogP contribution >= 0.6 is 11.3 Å². The minimum atomic E-state index is -1.06. The van der Waals surface area contributed by atoms with Crippen LogP contribution in [-0.2, 0) is 9.59 Å². The molecule has 0 spiro atoms. The average Bonchev–Trinajstić information content (AvgIpc) is 3.41. The molecule has 0 radical (unpaired) electrons. The van der Waals surface area contributed by atoms with Gasteiger partial charge in [0.05, 0.1) is 27.4 Å². The summed E-state index contributed by atoms with van der Waals surface area (Å²) in [4.78, 5) is 31.9. The van der Waals surface area contributed by atoms with Crippen molar-refractivity contribution in [2.75, 3.05) is 4.90 Å². The molecule has 1 aliphatic heterocycles. The van der Waals surface area contributed by atoms with Crippen molar-refractivity contribution in [1.29, 1.82) is 0 Å². The quantitative estimate of drug-likeness (QED) is 0.248. The summed E-state index contributed by atoms with van der Waals surface area (Å²) >= 11 is 1.04. The van der Waals surface area contributed by atoms with E-state index in [1.54, 1.807) is 19.9 Å². The highest BCUT2D eigenvalue weighted by molar-refractivity contribution is 7.22. The molecule has 0 bridgehead atoms. The fourth-order valence-electron chi connectivity index (χ4n) is 3.99. The van der Waals surface area contributed by atoms with Crippen molar-refractivity contribution < 1.29 is 27.9 Å². The van der Waals surface area contributed by atoms with Crippen molar-refractivity contribution in [2.24, 2.45) is 0 Å². The monoisotopic (exact) mass is 466 g/mol. The number of ketones is 1. The van der Waals surface area contributed by atoms with Crippen LogP contribution < -0.4 is 4.90 Å². The van der Waals surface area contributed by atoms with E-state index in [-0.39, 0.29) is 16.3 Å². The van der Waals surface area contributed by atoms with Gasteiger partial charge >= 0.3 is 5.91 Å². The number of aliphatic hydroxyl groups is 1. The van der Waals surface area contributed by atoms with Crippen molar-refractivity contribution in [1.82, 2.24) is 4.98 Å². The number of aryl methyl sites for hydroxylation is 2. The number of nitrogens with zero attached hydrogens (tertiary/aromatic N) is 2.